The summed E-state index contributed by atoms with van der Waals surface area (Å²) in [5, 5.41) is 12.0. The lowest BCUT2D eigenvalue weighted by atomic mass is 9.81. The van der Waals surface area contributed by atoms with E-state index in [0.29, 0.717) is 19.5 Å². The van der Waals surface area contributed by atoms with E-state index in [9.17, 15) is 4.79 Å². The summed E-state index contributed by atoms with van der Waals surface area (Å²) in [6.07, 6.45) is 2.75. The van der Waals surface area contributed by atoms with Crippen molar-refractivity contribution in [3.05, 3.63) is 0 Å². The first-order valence-corrected chi connectivity index (χ1v) is 6.18. The van der Waals surface area contributed by atoms with Crippen molar-refractivity contribution in [2.45, 2.75) is 52.6 Å². The Labute approximate surface area is 98.6 Å². The molecule has 0 fully saturated rings. The van der Waals surface area contributed by atoms with Gasteiger partial charge in [0.2, 0.25) is 5.91 Å². The fourth-order valence-electron chi connectivity index (χ4n) is 1.74. The van der Waals surface area contributed by atoms with E-state index < -0.39 is 5.41 Å². The molecule has 0 saturated heterocycles. The number of carbonyl (C=O) groups is 1. The molecule has 1 atom stereocenters. The fraction of sp³-hybridized carbons (Fsp3) is 0.917. The molecule has 0 rings (SSSR count). The van der Waals surface area contributed by atoms with Gasteiger partial charge in [0.15, 0.2) is 0 Å². The van der Waals surface area contributed by atoms with Crippen molar-refractivity contribution in [3.8, 4) is 0 Å². The summed E-state index contributed by atoms with van der Waals surface area (Å²) in [7, 11) is 0. The van der Waals surface area contributed by atoms with Crippen LogP contribution in [0, 0.1) is 5.41 Å². The highest BCUT2D eigenvalue weighted by molar-refractivity contribution is 5.82. The number of aliphatic hydroxyl groups is 1. The maximum atomic E-state index is 11.9. The van der Waals surface area contributed by atoms with E-state index in [4.69, 9.17) is 10.8 Å². The third-order valence-electron chi connectivity index (χ3n) is 3.31. The van der Waals surface area contributed by atoms with Gasteiger partial charge in [-0.25, -0.2) is 0 Å². The summed E-state index contributed by atoms with van der Waals surface area (Å²) < 4.78 is 0. The molecule has 0 bridgehead atoms. The Balaban J connectivity index is 4.02. The highest BCUT2D eigenvalue weighted by Crippen LogP contribution is 2.24. The molecule has 0 aromatic carbocycles. The lowest BCUT2D eigenvalue weighted by Gasteiger charge is -2.28. The van der Waals surface area contributed by atoms with Crippen LogP contribution >= 0.6 is 0 Å². The van der Waals surface area contributed by atoms with Gasteiger partial charge in [-0.1, -0.05) is 13.8 Å². The molecule has 4 nitrogen and oxygen atoms in total. The summed E-state index contributed by atoms with van der Waals surface area (Å²) in [5.74, 6) is 0.0468. The van der Waals surface area contributed by atoms with Crippen LogP contribution in [0.15, 0.2) is 0 Å². The van der Waals surface area contributed by atoms with Crippen LogP contribution in [0.5, 0.6) is 0 Å². The number of nitrogens with two attached hydrogens (primary N) is 1. The number of nitrogens with one attached hydrogen (secondary N) is 1. The molecule has 16 heavy (non-hydrogen) atoms. The van der Waals surface area contributed by atoms with E-state index in [1.54, 1.807) is 6.92 Å². The van der Waals surface area contributed by atoms with E-state index in [-0.39, 0.29) is 12.0 Å². The fourth-order valence-corrected chi connectivity index (χ4v) is 1.74. The Morgan fingerprint density at radius 2 is 2.00 bits per heavy atom. The van der Waals surface area contributed by atoms with E-state index in [0.717, 1.165) is 19.3 Å². The van der Waals surface area contributed by atoms with Crippen LogP contribution in [0.3, 0.4) is 0 Å². The zero-order valence-electron chi connectivity index (χ0n) is 10.8. The van der Waals surface area contributed by atoms with Crippen molar-refractivity contribution in [3.63, 3.8) is 0 Å². The smallest absolute Gasteiger partial charge is 0.227 e. The van der Waals surface area contributed by atoms with Gasteiger partial charge in [-0.2, -0.15) is 0 Å². The second-order valence-electron chi connectivity index (χ2n) is 4.44. The lowest BCUT2D eigenvalue weighted by molar-refractivity contribution is -0.131. The number of aliphatic hydroxyl groups excluding tert-OH is 1. The summed E-state index contributed by atoms with van der Waals surface area (Å²) >= 11 is 0. The van der Waals surface area contributed by atoms with Crippen LogP contribution in [-0.2, 0) is 4.79 Å². The molecule has 0 aromatic heterocycles. The summed E-state index contributed by atoms with van der Waals surface area (Å²) in [6.45, 7) is 6.75. The van der Waals surface area contributed by atoms with Gasteiger partial charge in [0, 0.05) is 13.1 Å². The zero-order chi connectivity index (χ0) is 12.6. The summed E-state index contributed by atoms with van der Waals surface area (Å²) in [5.41, 5.74) is 5.27. The van der Waals surface area contributed by atoms with Crippen molar-refractivity contribution in [2.24, 2.45) is 11.1 Å². The highest BCUT2D eigenvalue weighted by Gasteiger charge is 2.32. The van der Waals surface area contributed by atoms with Crippen LogP contribution < -0.4 is 11.1 Å². The predicted molar refractivity (Wildman–Crippen MR) is 66.0 cm³/mol. The van der Waals surface area contributed by atoms with Crippen LogP contribution in [0.1, 0.15) is 46.5 Å². The van der Waals surface area contributed by atoms with E-state index >= 15 is 0 Å². The third-order valence-corrected chi connectivity index (χ3v) is 3.31. The quantitative estimate of drug-likeness (QED) is 0.545. The second kappa shape index (κ2) is 7.63. The molecule has 96 valence electrons. The maximum Gasteiger partial charge on any atom is 0.227 e. The number of amides is 1. The molecule has 0 spiro atoms. The van der Waals surface area contributed by atoms with Gasteiger partial charge in [-0.15, -0.1) is 0 Å². The largest absolute Gasteiger partial charge is 0.393 e. The molecule has 1 unspecified atom stereocenters. The normalized spacial score (nSPS) is 13.6. The molecule has 1 amide bonds. The second-order valence-corrected chi connectivity index (χ2v) is 4.44. The van der Waals surface area contributed by atoms with Crippen molar-refractivity contribution in [1.29, 1.82) is 0 Å². The Morgan fingerprint density at radius 3 is 2.38 bits per heavy atom. The Kier molecular flexibility index (Phi) is 7.34. The first-order valence-electron chi connectivity index (χ1n) is 6.18. The molecule has 0 aliphatic carbocycles. The monoisotopic (exact) mass is 230 g/mol. The minimum atomic E-state index is -0.412. The van der Waals surface area contributed by atoms with Gasteiger partial charge < -0.3 is 16.2 Å². The van der Waals surface area contributed by atoms with Crippen LogP contribution in [0.25, 0.3) is 0 Å². The van der Waals surface area contributed by atoms with E-state index in [1.807, 2.05) is 13.8 Å². The van der Waals surface area contributed by atoms with Gasteiger partial charge in [0.1, 0.15) is 0 Å². The molecule has 4 heteroatoms. The molecule has 0 aliphatic rings. The first-order chi connectivity index (χ1) is 7.52. The van der Waals surface area contributed by atoms with Crippen LogP contribution in [-0.4, -0.2) is 30.2 Å². The number of rotatable bonds is 8. The number of hydrogen-bond acceptors (Lipinski definition) is 3. The minimum absolute atomic E-state index is 0.0468. The SMILES string of the molecule is CCC(CC)(CN)C(=O)NCCCC(C)O. The molecular weight excluding hydrogens is 204 g/mol. The molecule has 0 radical (unpaired) electrons. The van der Waals surface area contributed by atoms with Gasteiger partial charge in [-0.05, 0) is 32.6 Å². The van der Waals surface area contributed by atoms with Crippen LogP contribution in [0.2, 0.25) is 0 Å². The van der Waals surface area contributed by atoms with Gasteiger partial charge in [-0.3, -0.25) is 4.79 Å². The minimum Gasteiger partial charge on any atom is -0.393 e. The van der Waals surface area contributed by atoms with Crippen molar-refractivity contribution < 1.29 is 9.90 Å². The van der Waals surface area contributed by atoms with Gasteiger partial charge >= 0.3 is 0 Å². The number of hydrogen-bond donors (Lipinski definition) is 3. The zero-order valence-corrected chi connectivity index (χ0v) is 10.8. The highest BCUT2D eigenvalue weighted by atomic mass is 16.3. The average Bonchev–Trinajstić information content (AvgIpc) is 2.27. The van der Waals surface area contributed by atoms with E-state index in [2.05, 4.69) is 5.32 Å². The molecule has 0 aliphatic heterocycles. The van der Waals surface area contributed by atoms with Crippen molar-refractivity contribution in [2.75, 3.05) is 13.1 Å². The molecule has 0 saturated carbocycles. The Bertz CT molecular complexity index is 193. The molecule has 0 heterocycles. The van der Waals surface area contributed by atoms with E-state index in [1.165, 1.54) is 0 Å². The average molecular weight is 230 g/mol. The standard InChI is InChI=1S/C12H26N2O2/c1-4-12(5-2,9-13)11(16)14-8-6-7-10(3)15/h10,15H,4-9,13H2,1-3H3,(H,14,16). The third kappa shape index (κ3) is 4.49. The Morgan fingerprint density at radius 1 is 1.44 bits per heavy atom. The topological polar surface area (TPSA) is 75.4 Å². The number of carbonyl (C=O) groups excluding carboxylic acids is 1. The summed E-state index contributed by atoms with van der Waals surface area (Å²) in [6, 6.07) is 0. The van der Waals surface area contributed by atoms with Crippen molar-refractivity contribution in [1.82, 2.24) is 5.32 Å². The van der Waals surface area contributed by atoms with Gasteiger partial charge in [0.25, 0.3) is 0 Å². The lowest BCUT2D eigenvalue weighted by Crippen LogP contribution is -2.45. The van der Waals surface area contributed by atoms with Gasteiger partial charge in [0.05, 0.1) is 11.5 Å². The maximum absolute atomic E-state index is 11.9. The van der Waals surface area contributed by atoms with Crippen LogP contribution in [0.4, 0.5) is 0 Å². The molecule has 4 N–H and O–H groups in total. The predicted octanol–water partition coefficient (Wildman–Crippen LogP) is 1.03. The Hall–Kier alpha value is -0.610. The van der Waals surface area contributed by atoms with Crippen molar-refractivity contribution >= 4 is 5.91 Å². The summed E-state index contributed by atoms with van der Waals surface area (Å²) in [4.78, 5) is 11.9. The molecular formula is C12H26N2O2. The first kappa shape index (κ1) is 15.4. The molecule has 0 aromatic rings.